The monoisotopic (exact) mass is 395 g/mol. The summed E-state index contributed by atoms with van der Waals surface area (Å²) < 4.78 is 0. The lowest BCUT2D eigenvalue weighted by Crippen LogP contribution is -2.46. The summed E-state index contributed by atoms with van der Waals surface area (Å²) >= 11 is 1.68. The number of nitrogens with zero attached hydrogens (tertiary/aromatic N) is 6. The van der Waals surface area contributed by atoms with Crippen LogP contribution >= 0.6 is 11.3 Å². The topological polar surface area (TPSA) is 70.1 Å². The minimum absolute atomic E-state index is 0.648. The number of aromatic nitrogens is 4. The molecule has 1 fully saturated rings. The van der Waals surface area contributed by atoms with E-state index in [9.17, 15) is 0 Å². The van der Waals surface area contributed by atoms with Crippen LogP contribution in [0.3, 0.4) is 0 Å². The summed E-state index contributed by atoms with van der Waals surface area (Å²) in [6.07, 6.45) is 5.53. The fraction of sp³-hybridized carbons (Fsp3) is 0.400. The summed E-state index contributed by atoms with van der Waals surface area (Å²) in [6, 6.07) is 6.05. The number of pyridine rings is 1. The molecule has 7 nitrogen and oxygen atoms in total. The second-order valence-electron chi connectivity index (χ2n) is 6.79. The van der Waals surface area contributed by atoms with Gasteiger partial charge in [0.15, 0.2) is 0 Å². The molecule has 28 heavy (non-hydrogen) atoms. The third-order valence-corrected chi connectivity index (χ3v) is 5.95. The first-order valence-electron chi connectivity index (χ1n) is 9.63. The molecule has 0 bridgehead atoms. The van der Waals surface area contributed by atoms with Gasteiger partial charge in [-0.1, -0.05) is 6.92 Å². The minimum Gasteiger partial charge on any atom is -0.363 e. The van der Waals surface area contributed by atoms with Crippen molar-refractivity contribution in [1.29, 1.82) is 0 Å². The van der Waals surface area contributed by atoms with Crippen LogP contribution < -0.4 is 10.2 Å². The van der Waals surface area contributed by atoms with E-state index in [1.165, 1.54) is 0 Å². The number of anilines is 2. The summed E-state index contributed by atoms with van der Waals surface area (Å²) in [5.74, 6) is 2.64. The van der Waals surface area contributed by atoms with Gasteiger partial charge in [-0.25, -0.2) is 15.0 Å². The van der Waals surface area contributed by atoms with Crippen LogP contribution in [0.15, 0.2) is 36.8 Å². The second kappa shape index (κ2) is 8.62. The van der Waals surface area contributed by atoms with Gasteiger partial charge in [0.1, 0.15) is 22.5 Å². The molecule has 0 unspecified atom stereocenters. The third-order valence-electron chi connectivity index (χ3n) is 4.91. The van der Waals surface area contributed by atoms with E-state index in [4.69, 9.17) is 0 Å². The molecule has 1 saturated heterocycles. The second-order valence-corrected chi connectivity index (χ2v) is 7.90. The molecule has 1 aliphatic heterocycles. The van der Waals surface area contributed by atoms with E-state index >= 15 is 0 Å². The lowest BCUT2D eigenvalue weighted by Gasteiger charge is -2.34. The van der Waals surface area contributed by atoms with Gasteiger partial charge in [-0.2, -0.15) is 0 Å². The molecule has 3 aromatic rings. The fourth-order valence-corrected chi connectivity index (χ4v) is 4.17. The molecule has 0 amide bonds. The quantitative estimate of drug-likeness (QED) is 0.688. The molecule has 1 N–H and O–H groups in total. The molecule has 0 aromatic carbocycles. The first-order chi connectivity index (χ1) is 13.7. The molecule has 0 radical (unpaired) electrons. The van der Waals surface area contributed by atoms with Gasteiger partial charge < -0.3 is 15.1 Å². The fourth-order valence-electron chi connectivity index (χ4n) is 3.31. The molecule has 1 aliphatic rings. The highest BCUT2D eigenvalue weighted by Crippen LogP contribution is 2.26. The smallest absolute Gasteiger partial charge is 0.134 e. The Labute approximate surface area is 169 Å². The van der Waals surface area contributed by atoms with Crippen LogP contribution in [0.5, 0.6) is 0 Å². The van der Waals surface area contributed by atoms with Gasteiger partial charge in [-0.15, -0.1) is 11.3 Å². The van der Waals surface area contributed by atoms with E-state index in [-0.39, 0.29) is 0 Å². The van der Waals surface area contributed by atoms with E-state index in [1.54, 1.807) is 23.7 Å². The third kappa shape index (κ3) is 4.45. The SMILES string of the molecule is CCN1CCN(c2cc(NCc3ncc(-c4ccncc4)s3)nc(C)n2)CC1. The summed E-state index contributed by atoms with van der Waals surface area (Å²) in [5, 5.41) is 4.44. The Bertz CT molecular complexity index is 904. The standard InChI is InChI=1S/C20H25N7S/c1-3-26-8-10-27(11-9-26)19-12-18(24-15(2)25-19)22-14-20-23-13-17(28-20)16-4-6-21-7-5-16/h4-7,12-13H,3,8-11,14H2,1-2H3,(H,22,24,25). The number of rotatable bonds is 6. The van der Waals surface area contributed by atoms with E-state index in [0.717, 1.165) is 65.6 Å². The molecule has 146 valence electrons. The van der Waals surface area contributed by atoms with Crippen molar-refractivity contribution in [2.75, 3.05) is 42.9 Å². The Hall–Kier alpha value is -2.58. The van der Waals surface area contributed by atoms with Gasteiger partial charge >= 0.3 is 0 Å². The molecule has 4 rings (SSSR count). The Balaban J connectivity index is 1.41. The Morgan fingerprint density at radius 3 is 2.64 bits per heavy atom. The number of piperazine rings is 1. The maximum atomic E-state index is 4.64. The highest BCUT2D eigenvalue weighted by Gasteiger charge is 2.18. The zero-order valence-corrected chi connectivity index (χ0v) is 17.1. The van der Waals surface area contributed by atoms with Crippen LogP contribution in [0.25, 0.3) is 10.4 Å². The van der Waals surface area contributed by atoms with Crippen LogP contribution in [0.1, 0.15) is 17.8 Å². The molecular weight excluding hydrogens is 370 g/mol. The van der Waals surface area contributed by atoms with Crippen LogP contribution in [-0.4, -0.2) is 57.6 Å². The molecule has 0 saturated carbocycles. The summed E-state index contributed by atoms with van der Waals surface area (Å²) in [6.45, 7) is 10.1. The molecule has 0 atom stereocenters. The molecule has 0 spiro atoms. The van der Waals surface area contributed by atoms with Gasteiger partial charge in [-0.3, -0.25) is 4.98 Å². The Kier molecular flexibility index (Phi) is 5.78. The maximum absolute atomic E-state index is 4.64. The predicted molar refractivity (Wildman–Crippen MR) is 114 cm³/mol. The van der Waals surface area contributed by atoms with Crippen LogP contribution in [0, 0.1) is 6.92 Å². The lowest BCUT2D eigenvalue weighted by molar-refractivity contribution is 0.270. The summed E-state index contributed by atoms with van der Waals surface area (Å²) in [7, 11) is 0. The number of nitrogens with one attached hydrogen (secondary N) is 1. The predicted octanol–water partition coefficient (Wildman–Crippen LogP) is 3.06. The van der Waals surface area contributed by atoms with Gasteiger partial charge in [0.2, 0.25) is 0 Å². The van der Waals surface area contributed by atoms with Crippen molar-refractivity contribution >= 4 is 23.0 Å². The zero-order chi connectivity index (χ0) is 19.3. The van der Waals surface area contributed by atoms with Gasteiger partial charge in [0.05, 0.1) is 11.4 Å². The van der Waals surface area contributed by atoms with Crippen molar-refractivity contribution < 1.29 is 0 Å². The van der Waals surface area contributed by atoms with E-state index < -0.39 is 0 Å². The van der Waals surface area contributed by atoms with Gasteiger partial charge in [-0.05, 0) is 31.2 Å². The number of aryl methyl sites for hydroxylation is 1. The number of hydrogen-bond donors (Lipinski definition) is 1. The lowest BCUT2D eigenvalue weighted by atomic mass is 10.2. The van der Waals surface area contributed by atoms with Crippen molar-refractivity contribution in [3.8, 4) is 10.4 Å². The van der Waals surface area contributed by atoms with Crippen LogP contribution in [0.2, 0.25) is 0 Å². The summed E-state index contributed by atoms with van der Waals surface area (Å²) in [5.41, 5.74) is 1.14. The highest BCUT2D eigenvalue weighted by molar-refractivity contribution is 7.15. The first kappa shape index (κ1) is 18.8. The van der Waals surface area contributed by atoms with Crippen molar-refractivity contribution in [3.63, 3.8) is 0 Å². The molecule has 3 aromatic heterocycles. The molecule has 4 heterocycles. The average molecular weight is 396 g/mol. The number of hydrogen-bond acceptors (Lipinski definition) is 8. The number of likely N-dealkylation sites (N-methyl/N-ethyl adjacent to an activating group) is 1. The Morgan fingerprint density at radius 1 is 1.11 bits per heavy atom. The minimum atomic E-state index is 0.648. The normalized spacial score (nSPS) is 15.0. The van der Waals surface area contributed by atoms with Crippen molar-refractivity contribution in [3.05, 3.63) is 47.6 Å². The van der Waals surface area contributed by atoms with E-state index in [0.29, 0.717) is 6.54 Å². The van der Waals surface area contributed by atoms with Gasteiger partial charge in [0.25, 0.3) is 0 Å². The molecular formula is C20H25N7S. The molecule has 0 aliphatic carbocycles. The first-order valence-corrected chi connectivity index (χ1v) is 10.4. The van der Waals surface area contributed by atoms with E-state index in [2.05, 4.69) is 42.0 Å². The average Bonchev–Trinajstić information content (AvgIpc) is 3.22. The van der Waals surface area contributed by atoms with Crippen molar-refractivity contribution in [2.45, 2.75) is 20.4 Å². The Morgan fingerprint density at radius 2 is 1.89 bits per heavy atom. The van der Waals surface area contributed by atoms with Crippen molar-refractivity contribution in [1.82, 2.24) is 24.8 Å². The highest BCUT2D eigenvalue weighted by atomic mass is 32.1. The van der Waals surface area contributed by atoms with Crippen molar-refractivity contribution in [2.24, 2.45) is 0 Å². The number of thiazole rings is 1. The van der Waals surface area contributed by atoms with Crippen LogP contribution in [-0.2, 0) is 6.54 Å². The largest absolute Gasteiger partial charge is 0.363 e. The van der Waals surface area contributed by atoms with Gasteiger partial charge in [0, 0.05) is 50.8 Å². The molecule has 8 heteroatoms. The zero-order valence-electron chi connectivity index (χ0n) is 16.3. The summed E-state index contributed by atoms with van der Waals surface area (Å²) in [4.78, 5) is 23.8. The van der Waals surface area contributed by atoms with E-state index in [1.807, 2.05) is 31.3 Å². The van der Waals surface area contributed by atoms with Crippen LogP contribution in [0.4, 0.5) is 11.6 Å². The maximum Gasteiger partial charge on any atom is 0.134 e.